The van der Waals surface area contributed by atoms with Crippen LogP contribution >= 0.6 is 0 Å². The van der Waals surface area contributed by atoms with Crippen molar-refractivity contribution in [1.29, 1.82) is 0 Å². The first kappa shape index (κ1) is 22.3. The lowest BCUT2D eigenvalue weighted by Gasteiger charge is -2.34. The number of nitrogens with zero attached hydrogens (tertiary/aromatic N) is 3. The fourth-order valence-electron chi connectivity index (χ4n) is 3.57. The van der Waals surface area contributed by atoms with Crippen molar-refractivity contribution in [2.24, 2.45) is 0 Å². The number of anilines is 1. The van der Waals surface area contributed by atoms with E-state index in [4.69, 9.17) is 0 Å². The number of amides is 1. The molecule has 6 nitrogen and oxygen atoms in total. The number of hydrogen-bond donors (Lipinski definition) is 0. The Balaban J connectivity index is 1.65. The summed E-state index contributed by atoms with van der Waals surface area (Å²) >= 11 is 0. The SMILES string of the molecule is CCN(C(=O)CN1CCN(S(=O)(=O)c2cc(F)ccc2F)CC1)c1ccccc1C. The minimum Gasteiger partial charge on any atom is -0.311 e. The average Bonchev–Trinajstić information content (AvgIpc) is 2.72. The summed E-state index contributed by atoms with van der Waals surface area (Å²) in [5.74, 6) is -1.86. The lowest BCUT2D eigenvalue weighted by molar-refractivity contribution is -0.120. The first-order valence-corrected chi connectivity index (χ1v) is 11.2. The van der Waals surface area contributed by atoms with Crippen molar-refractivity contribution in [3.63, 3.8) is 0 Å². The number of para-hydroxylation sites is 1. The van der Waals surface area contributed by atoms with E-state index in [9.17, 15) is 22.0 Å². The Morgan fingerprint density at radius 3 is 2.37 bits per heavy atom. The van der Waals surface area contributed by atoms with E-state index in [0.29, 0.717) is 25.7 Å². The number of carbonyl (C=O) groups excluding carboxylic acids is 1. The zero-order chi connectivity index (χ0) is 21.9. The molecule has 0 bridgehead atoms. The van der Waals surface area contributed by atoms with E-state index >= 15 is 0 Å². The fourth-order valence-corrected chi connectivity index (χ4v) is 5.06. The molecule has 0 aromatic heterocycles. The Morgan fingerprint density at radius 1 is 1.07 bits per heavy atom. The molecule has 2 aromatic rings. The van der Waals surface area contributed by atoms with Gasteiger partial charge in [-0.15, -0.1) is 0 Å². The standard InChI is InChI=1S/C21H25F2N3O3S/c1-3-26(19-7-5-4-6-16(19)2)21(27)15-24-10-12-25(13-11-24)30(28,29)20-14-17(22)8-9-18(20)23/h4-9,14H,3,10-13,15H2,1-2H3. The van der Waals surface area contributed by atoms with Crippen LogP contribution in [0.1, 0.15) is 12.5 Å². The second-order valence-electron chi connectivity index (χ2n) is 7.18. The van der Waals surface area contributed by atoms with E-state index in [0.717, 1.165) is 27.7 Å². The minimum atomic E-state index is -4.14. The van der Waals surface area contributed by atoms with Crippen LogP contribution in [0.3, 0.4) is 0 Å². The van der Waals surface area contributed by atoms with Crippen molar-refractivity contribution >= 4 is 21.6 Å². The Labute approximate surface area is 175 Å². The maximum Gasteiger partial charge on any atom is 0.246 e. The van der Waals surface area contributed by atoms with Crippen LogP contribution in [0.25, 0.3) is 0 Å². The van der Waals surface area contributed by atoms with Gasteiger partial charge < -0.3 is 4.90 Å². The molecular weight excluding hydrogens is 412 g/mol. The number of hydrogen-bond acceptors (Lipinski definition) is 4. The van der Waals surface area contributed by atoms with Gasteiger partial charge in [0.15, 0.2) is 0 Å². The molecule has 1 fully saturated rings. The van der Waals surface area contributed by atoms with Crippen molar-refractivity contribution < 1.29 is 22.0 Å². The maximum absolute atomic E-state index is 14.0. The predicted octanol–water partition coefficient (Wildman–Crippen LogP) is 2.63. The lowest BCUT2D eigenvalue weighted by atomic mass is 10.1. The van der Waals surface area contributed by atoms with Crippen LogP contribution in [0.2, 0.25) is 0 Å². The highest BCUT2D eigenvalue weighted by Gasteiger charge is 2.32. The molecule has 162 valence electrons. The van der Waals surface area contributed by atoms with Gasteiger partial charge >= 0.3 is 0 Å². The quantitative estimate of drug-likeness (QED) is 0.697. The number of rotatable bonds is 6. The number of sulfonamides is 1. The topological polar surface area (TPSA) is 60.9 Å². The zero-order valence-electron chi connectivity index (χ0n) is 17.0. The van der Waals surface area contributed by atoms with E-state index < -0.39 is 26.6 Å². The molecule has 0 saturated carbocycles. The Kier molecular flexibility index (Phi) is 6.84. The van der Waals surface area contributed by atoms with E-state index in [2.05, 4.69) is 0 Å². The second kappa shape index (κ2) is 9.20. The van der Waals surface area contributed by atoms with E-state index in [1.807, 2.05) is 43.0 Å². The van der Waals surface area contributed by atoms with Crippen molar-refractivity contribution in [3.8, 4) is 0 Å². The van der Waals surface area contributed by atoms with Gasteiger partial charge in [0, 0.05) is 38.4 Å². The van der Waals surface area contributed by atoms with Crippen LogP contribution in [0.5, 0.6) is 0 Å². The molecule has 1 saturated heterocycles. The van der Waals surface area contributed by atoms with Gasteiger partial charge in [-0.3, -0.25) is 9.69 Å². The van der Waals surface area contributed by atoms with E-state index in [-0.39, 0.29) is 25.5 Å². The predicted molar refractivity (Wildman–Crippen MR) is 111 cm³/mol. The smallest absolute Gasteiger partial charge is 0.246 e. The maximum atomic E-state index is 14.0. The number of piperazine rings is 1. The summed E-state index contributed by atoms with van der Waals surface area (Å²) < 4.78 is 53.9. The largest absolute Gasteiger partial charge is 0.311 e. The summed E-state index contributed by atoms with van der Waals surface area (Å²) in [7, 11) is -4.14. The van der Waals surface area contributed by atoms with Gasteiger partial charge in [0.2, 0.25) is 15.9 Å². The second-order valence-corrected chi connectivity index (χ2v) is 9.09. The van der Waals surface area contributed by atoms with Gasteiger partial charge in [-0.25, -0.2) is 17.2 Å². The molecule has 0 atom stereocenters. The van der Waals surface area contributed by atoms with Crippen LogP contribution in [0.4, 0.5) is 14.5 Å². The molecule has 1 aliphatic rings. The first-order chi connectivity index (χ1) is 14.2. The molecule has 1 heterocycles. The summed E-state index contributed by atoms with van der Waals surface area (Å²) in [5.41, 5.74) is 1.86. The zero-order valence-corrected chi connectivity index (χ0v) is 17.8. The van der Waals surface area contributed by atoms with E-state index in [1.54, 1.807) is 4.90 Å². The highest BCUT2D eigenvalue weighted by molar-refractivity contribution is 7.89. The summed E-state index contributed by atoms with van der Waals surface area (Å²) in [6.07, 6.45) is 0. The molecule has 0 aliphatic carbocycles. The van der Waals surface area contributed by atoms with Gasteiger partial charge in [0.05, 0.1) is 6.54 Å². The Morgan fingerprint density at radius 2 is 1.73 bits per heavy atom. The molecule has 30 heavy (non-hydrogen) atoms. The number of carbonyl (C=O) groups is 1. The Bertz CT molecular complexity index is 1020. The third kappa shape index (κ3) is 4.69. The number of halogens is 2. The van der Waals surface area contributed by atoms with Crippen molar-refractivity contribution in [2.75, 3.05) is 44.2 Å². The number of benzene rings is 2. The van der Waals surface area contributed by atoms with Gasteiger partial charge in [0.1, 0.15) is 16.5 Å². The number of likely N-dealkylation sites (N-methyl/N-ethyl adjacent to an activating group) is 1. The highest BCUT2D eigenvalue weighted by atomic mass is 32.2. The van der Waals surface area contributed by atoms with Crippen molar-refractivity contribution in [3.05, 3.63) is 59.7 Å². The van der Waals surface area contributed by atoms with Crippen LogP contribution in [-0.4, -0.2) is 62.8 Å². The van der Waals surface area contributed by atoms with Crippen LogP contribution in [0.15, 0.2) is 47.4 Å². The molecule has 3 rings (SSSR count). The highest BCUT2D eigenvalue weighted by Crippen LogP contribution is 2.23. The third-order valence-electron chi connectivity index (χ3n) is 5.22. The van der Waals surface area contributed by atoms with Crippen LogP contribution < -0.4 is 4.90 Å². The minimum absolute atomic E-state index is 0.0701. The summed E-state index contributed by atoms with van der Waals surface area (Å²) in [6.45, 7) is 5.38. The van der Waals surface area contributed by atoms with Crippen molar-refractivity contribution in [1.82, 2.24) is 9.21 Å². The molecular formula is C21H25F2N3O3S. The third-order valence-corrected chi connectivity index (χ3v) is 7.14. The molecule has 9 heteroatoms. The van der Waals surface area contributed by atoms with Gasteiger partial charge in [-0.05, 0) is 43.7 Å². The molecule has 0 unspecified atom stereocenters. The summed E-state index contributed by atoms with van der Waals surface area (Å²) in [6, 6.07) is 10.0. The lowest BCUT2D eigenvalue weighted by Crippen LogP contribution is -2.51. The molecule has 2 aromatic carbocycles. The molecule has 0 N–H and O–H groups in total. The fraction of sp³-hybridized carbons (Fsp3) is 0.381. The first-order valence-electron chi connectivity index (χ1n) is 9.77. The summed E-state index contributed by atoms with van der Waals surface area (Å²) in [5, 5.41) is 0. The van der Waals surface area contributed by atoms with Crippen molar-refractivity contribution in [2.45, 2.75) is 18.7 Å². The van der Waals surface area contributed by atoms with Crippen LogP contribution in [0, 0.1) is 18.6 Å². The Hall–Kier alpha value is -2.36. The average molecular weight is 438 g/mol. The van der Waals surface area contributed by atoms with Gasteiger partial charge in [0.25, 0.3) is 0 Å². The number of aryl methyl sites for hydroxylation is 1. The molecule has 0 spiro atoms. The monoisotopic (exact) mass is 437 g/mol. The molecule has 0 radical (unpaired) electrons. The normalized spacial score (nSPS) is 15.9. The van der Waals surface area contributed by atoms with Crippen LogP contribution in [-0.2, 0) is 14.8 Å². The van der Waals surface area contributed by atoms with Gasteiger partial charge in [-0.1, -0.05) is 18.2 Å². The molecule has 1 aliphatic heterocycles. The van der Waals surface area contributed by atoms with Gasteiger partial charge in [-0.2, -0.15) is 4.31 Å². The van der Waals surface area contributed by atoms with E-state index in [1.165, 1.54) is 0 Å². The summed E-state index contributed by atoms with van der Waals surface area (Å²) in [4.78, 5) is 15.8. The molecule has 1 amide bonds.